The van der Waals surface area contributed by atoms with E-state index in [1.165, 1.54) is 51.4 Å². The van der Waals surface area contributed by atoms with Gasteiger partial charge < -0.3 is 0 Å². The highest BCUT2D eigenvalue weighted by Crippen LogP contribution is 2.50. The quantitative estimate of drug-likeness (QED) is 0.263. The molecule has 1 rings (SSSR count). The lowest BCUT2D eigenvalue weighted by Crippen LogP contribution is -2.22. The van der Waals surface area contributed by atoms with Gasteiger partial charge in [-0.3, -0.25) is 0 Å². The lowest BCUT2D eigenvalue weighted by Gasteiger charge is -2.33. The van der Waals surface area contributed by atoms with Gasteiger partial charge in [0.25, 0.3) is 0 Å². The van der Waals surface area contributed by atoms with Gasteiger partial charge in [-0.1, -0.05) is 121 Å². The highest BCUT2D eigenvalue weighted by atomic mass is 31.1. The van der Waals surface area contributed by atoms with Gasteiger partial charge in [0.2, 0.25) is 0 Å². The van der Waals surface area contributed by atoms with Crippen molar-refractivity contribution in [3.05, 3.63) is 24.3 Å². The number of benzene rings is 1. The van der Waals surface area contributed by atoms with Crippen molar-refractivity contribution in [3.63, 3.8) is 0 Å². The van der Waals surface area contributed by atoms with Crippen molar-refractivity contribution in [2.45, 2.75) is 129 Å². The summed E-state index contributed by atoms with van der Waals surface area (Å²) in [6.07, 6.45) is 10.7. The molecular weight excluding hydrogens is 374 g/mol. The summed E-state index contributed by atoms with van der Waals surface area (Å²) in [5.74, 6) is 0. The molecule has 0 aliphatic heterocycles. The van der Waals surface area contributed by atoms with Crippen molar-refractivity contribution >= 4 is 26.5 Å². The summed E-state index contributed by atoms with van der Waals surface area (Å²) < 4.78 is 0. The van der Waals surface area contributed by atoms with Crippen LogP contribution in [0.15, 0.2) is 24.3 Å². The molecule has 2 heteroatoms. The Morgan fingerprint density at radius 3 is 0.893 bits per heavy atom. The fraction of sp³-hybridized carbons (Fsp3) is 0.769. The van der Waals surface area contributed by atoms with E-state index >= 15 is 0 Å². The molecule has 0 aliphatic carbocycles. The van der Waals surface area contributed by atoms with Gasteiger partial charge in [0, 0.05) is 0 Å². The molecule has 1 aromatic rings. The second-order valence-electron chi connectivity index (χ2n) is 8.88. The van der Waals surface area contributed by atoms with Crippen molar-refractivity contribution in [2.75, 3.05) is 0 Å². The number of rotatable bonds is 14. The smallest absolute Gasteiger partial charge is 0.0195 e. The van der Waals surface area contributed by atoms with Crippen molar-refractivity contribution < 1.29 is 0 Å². The van der Waals surface area contributed by atoms with Crippen molar-refractivity contribution in [1.29, 1.82) is 0 Å². The zero-order valence-corrected chi connectivity index (χ0v) is 22.0. The van der Waals surface area contributed by atoms with Crippen LogP contribution in [0, 0.1) is 0 Å². The second-order valence-corrected chi connectivity index (χ2v) is 15.1. The molecule has 28 heavy (non-hydrogen) atoms. The van der Waals surface area contributed by atoms with E-state index in [1.807, 2.05) is 0 Å². The lowest BCUT2D eigenvalue weighted by molar-refractivity contribution is 0.741. The fourth-order valence-corrected chi connectivity index (χ4v) is 11.8. The van der Waals surface area contributed by atoms with Crippen LogP contribution in [-0.2, 0) is 0 Å². The van der Waals surface area contributed by atoms with E-state index in [0.29, 0.717) is 0 Å². The third kappa shape index (κ3) is 7.73. The minimum atomic E-state index is -0.0585. The van der Waals surface area contributed by atoms with E-state index in [4.69, 9.17) is 0 Å². The Labute approximate surface area is 180 Å². The van der Waals surface area contributed by atoms with E-state index in [1.54, 1.807) is 10.6 Å². The molecule has 0 nitrogen and oxygen atoms in total. The first-order chi connectivity index (χ1) is 13.4. The van der Waals surface area contributed by atoms with Gasteiger partial charge in [-0.05, 0) is 58.9 Å². The topological polar surface area (TPSA) is 0 Å². The summed E-state index contributed by atoms with van der Waals surface area (Å²) in [5.41, 5.74) is 3.36. The zero-order valence-electron chi connectivity index (χ0n) is 20.2. The van der Waals surface area contributed by atoms with Crippen LogP contribution in [0.3, 0.4) is 0 Å². The van der Waals surface area contributed by atoms with Gasteiger partial charge in [-0.2, -0.15) is 0 Å². The summed E-state index contributed by atoms with van der Waals surface area (Å²) in [4.78, 5) is 0. The van der Waals surface area contributed by atoms with E-state index in [-0.39, 0.29) is 15.8 Å². The Morgan fingerprint density at radius 1 is 0.500 bits per heavy atom. The second kappa shape index (κ2) is 14.1. The van der Waals surface area contributed by atoms with Gasteiger partial charge in [0.1, 0.15) is 0 Å². The van der Waals surface area contributed by atoms with Gasteiger partial charge in [-0.15, -0.1) is 0 Å². The highest BCUT2D eigenvalue weighted by molar-refractivity contribution is 7.67. The summed E-state index contributed by atoms with van der Waals surface area (Å²) in [6, 6.07) is 10.1. The molecule has 0 aromatic heterocycles. The third-order valence-electron chi connectivity index (χ3n) is 6.17. The lowest BCUT2D eigenvalue weighted by atomic mass is 10.3. The molecule has 4 unspecified atom stereocenters. The van der Waals surface area contributed by atoms with Crippen LogP contribution in [0.5, 0.6) is 0 Å². The minimum absolute atomic E-state index is 0.0585. The molecule has 0 bridgehead atoms. The van der Waals surface area contributed by atoms with Crippen molar-refractivity contribution in [3.8, 4) is 0 Å². The molecule has 4 atom stereocenters. The molecular formula is C26H48P2. The van der Waals surface area contributed by atoms with Crippen LogP contribution in [0.1, 0.15) is 107 Å². The molecule has 0 heterocycles. The first kappa shape index (κ1) is 26.1. The molecule has 0 fully saturated rings. The summed E-state index contributed by atoms with van der Waals surface area (Å²) >= 11 is 0. The summed E-state index contributed by atoms with van der Waals surface area (Å²) in [5, 5.41) is 3.31. The standard InChI is InChI=1S/C26H48P2/c1-9-13-21(5)27(22(6)14-10-2)25-17-19-26(20-18-25)28(23(7)15-11-3)24(8)16-12-4/h17-24H,9-16H2,1-8H3. The van der Waals surface area contributed by atoms with Crippen LogP contribution >= 0.6 is 15.8 Å². The molecule has 0 saturated heterocycles. The van der Waals surface area contributed by atoms with Gasteiger partial charge in [-0.25, -0.2) is 0 Å². The SMILES string of the molecule is CCCC(C)P(c1ccc(P(C(C)CCC)C(C)CCC)cc1)C(C)CCC. The van der Waals surface area contributed by atoms with Crippen molar-refractivity contribution in [1.82, 2.24) is 0 Å². The Balaban J connectivity index is 3.14. The Bertz CT molecular complexity index is 439. The van der Waals surface area contributed by atoms with Crippen LogP contribution in [-0.4, -0.2) is 22.6 Å². The van der Waals surface area contributed by atoms with Crippen LogP contribution in [0.4, 0.5) is 0 Å². The van der Waals surface area contributed by atoms with Gasteiger partial charge in [0.05, 0.1) is 0 Å². The van der Waals surface area contributed by atoms with E-state index in [0.717, 1.165) is 22.6 Å². The first-order valence-electron chi connectivity index (χ1n) is 12.1. The summed E-state index contributed by atoms with van der Waals surface area (Å²) in [7, 11) is -0.117. The van der Waals surface area contributed by atoms with E-state index in [9.17, 15) is 0 Å². The van der Waals surface area contributed by atoms with Crippen LogP contribution in [0.2, 0.25) is 0 Å². The Morgan fingerprint density at radius 2 is 0.714 bits per heavy atom. The van der Waals surface area contributed by atoms with E-state index < -0.39 is 0 Å². The monoisotopic (exact) mass is 422 g/mol. The number of hydrogen-bond acceptors (Lipinski definition) is 0. The maximum atomic E-state index is 2.53. The Hall–Kier alpha value is 0.0800. The maximum absolute atomic E-state index is 2.53. The largest absolute Gasteiger partial charge is 0.0695 e. The molecule has 0 amide bonds. The van der Waals surface area contributed by atoms with Crippen molar-refractivity contribution in [2.24, 2.45) is 0 Å². The van der Waals surface area contributed by atoms with Gasteiger partial charge >= 0.3 is 0 Å². The van der Waals surface area contributed by atoms with Crippen LogP contribution < -0.4 is 10.6 Å². The molecule has 0 aliphatic rings. The minimum Gasteiger partial charge on any atom is -0.0695 e. The maximum Gasteiger partial charge on any atom is -0.0195 e. The predicted octanol–water partition coefficient (Wildman–Crippen LogP) is 8.66. The normalized spacial score (nSPS) is 18.3. The average molecular weight is 423 g/mol. The molecule has 0 N–H and O–H groups in total. The highest BCUT2D eigenvalue weighted by Gasteiger charge is 2.26. The van der Waals surface area contributed by atoms with Crippen LogP contribution in [0.25, 0.3) is 0 Å². The van der Waals surface area contributed by atoms with E-state index in [2.05, 4.69) is 79.7 Å². The first-order valence-corrected chi connectivity index (χ1v) is 15.0. The number of hydrogen-bond donors (Lipinski definition) is 0. The molecule has 1 aromatic carbocycles. The third-order valence-corrected chi connectivity index (χ3v) is 12.8. The fourth-order valence-electron chi connectivity index (χ4n) is 4.91. The molecule has 0 saturated carbocycles. The molecule has 0 radical (unpaired) electrons. The Kier molecular flexibility index (Phi) is 13.2. The predicted molar refractivity (Wildman–Crippen MR) is 137 cm³/mol. The average Bonchev–Trinajstić information content (AvgIpc) is 2.64. The molecule has 162 valence electrons. The summed E-state index contributed by atoms with van der Waals surface area (Å²) in [6.45, 7) is 19.4. The van der Waals surface area contributed by atoms with Gasteiger partial charge in [0.15, 0.2) is 0 Å². The molecule has 0 spiro atoms. The zero-order chi connectivity index (χ0) is 21.1.